The van der Waals surface area contributed by atoms with Gasteiger partial charge in [-0.3, -0.25) is 4.68 Å². The predicted octanol–water partition coefficient (Wildman–Crippen LogP) is -0.684. The molecule has 0 amide bonds. The van der Waals surface area contributed by atoms with Crippen LogP contribution in [0, 0.1) is 0 Å². The van der Waals surface area contributed by atoms with E-state index in [4.69, 9.17) is 0 Å². The first-order valence-corrected chi connectivity index (χ1v) is 5.51. The Hall–Kier alpha value is -0.920. The van der Waals surface area contributed by atoms with Gasteiger partial charge in [0.1, 0.15) is 0 Å². The molecule has 0 bridgehead atoms. The average molecular weight is 218 g/mol. The summed E-state index contributed by atoms with van der Waals surface area (Å²) in [6.45, 7) is 0.247. The largest absolute Gasteiger partial charge is 0.279 e. The van der Waals surface area contributed by atoms with Crippen LogP contribution in [0.2, 0.25) is 0 Å². The van der Waals surface area contributed by atoms with E-state index in [1.165, 1.54) is 14.1 Å². The highest BCUT2D eigenvalue weighted by atomic mass is 32.2. The fraction of sp³-hybridized carbons (Fsp3) is 0.571. The lowest BCUT2D eigenvalue weighted by atomic mass is 10.4. The van der Waals surface area contributed by atoms with Crippen LogP contribution in [0.1, 0.15) is 5.69 Å². The van der Waals surface area contributed by atoms with Crippen molar-refractivity contribution < 1.29 is 8.42 Å². The van der Waals surface area contributed by atoms with Crippen molar-refractivity contribution in [2.75, 3.05) is 14.1 Å². The molecule has 0 unspecified atom stereocenters. The number of nitrogens with zero attached hydrogens (tertiary/aromatic N) is 3. The Morgan fingerprint density at radius 2 is 2.21 bits per heavy atom. The molecule has 0 radical (unpaired) electrons. The molecule has 0 fully saturated rings. The molecule has 80 valence electrons. The van der Waals surface area contributed by atoms with Gasteiger partial charge < -0.3 is 0 Å². The summed E-state index contributed by atoms with van der Waals surface area (Å²) >= 11 is 0. The zero-order chi connectivity index (χ0) is 10.8. The SMILES string of the molecule is CN(C)S(=O)(=O)NCc1ccnn1C. The monoisotopic (exact) mass is 218 g/mol. The number of nitrogens with one attached hydrogen (secondary N) is 1. The van der Waals surface area contributed by atoms with E-state index in [2.05, 4.69) is 9.82 Å². The molecule has 0 aliphatic heterocycles. The maximum absolute atomic E-state index is 11.3. The highest BCUT2D eigenvalue weighted by molar-refractivity contribution is 7.87. The zero-order valence-electron chi connectivity index (χ0n) is 8.43. The van der Waals surface area contributed by atoms with Crippen LogP contribution >= 0.6 is 0 Å². The molecule has 1 N–H and O–H groups in total. The van der Waals surface area contributed by atoms with Gasteiger partial charge in [0.15, 0.2) is 0 Å². The van der Waals surface area contributed by atoms with Gasteiger partial charge in [0.05, 0.1) is 12.2 Å². The van der Waals surface area contributed by atoms with E-state index in [9.17, 15) is 8.42 Å². The quantitative estimate of drug-likeness (QED) is 0.728. The Balaban J connectivity index is 2.62. The Bertz CT molecular complexity index is 396. The van der Waals surface area contributed by atoms with Crippen molar-refractivity contribution in [3.05, 3.63) is 18.0 Å². The molecule has 0 saturated heterocycles. The molecule has 0 aromatic carbocycles. The minimum Gasteiger partial charge on any atom is -0.271 e. The molecule has 0 atom stereocenters. The van der Waals surface area contributed by atoms with Crippen LogP contribution < -0.4 is 4.72 Å². The van der Waals surface area contributed by atoms with Gasteiger partial charge in [0.2, 0.25) is 0 Å². The van der Waals surface area contributed by atoms with Crippen LogP contribution in [-0.2, 0) is 23.8 Å². The van der Waals surface area contributed by atoms with Gasteiger partial charge in [-0.2, -0.15) is 22.5 Å². The Morgan fingerprint density at radius 3 is 2.64 bits per heavy atom. The summed E-state index contributed by atoms with van der Waals surface area (Å²) in [5.74, 6) is 0. The second-order valence-electron chi connectivity index (χ2n) is 3.05. The molecular weight excluding hydrogens is 204 g/mol. The van der Waals surface area contributed by atoms with Gasteiger partial charge in [-0.25, -0.2) is 0 Å². The van der Waals surface area contributed by atoms with E-state index in [0.717, 1.165) is 10.00 Å². The molecule has 0 aliphatic carbocycles. The normalized spacial score (nSPS) is 12.3. The number of aromatic nitrogens is 2. The van der Waals surface area contributed by atoms with Crippen molar-refractivity contribution in [1.82, 2.24) is 18.8 Å². The minimum absolute atomic E-state index is 0.247. The minimum atomic E-state index is -3.35. The highest BCUT2D eigenvalue weighted by Gasteiger charge is 2.12. The molecular formula is C7H14N4O2S. The molecule has 1 rings (SSSR count). The molecule has 1 aromatic heterocycles. The standard InChI is InChI=1S/C7H14N4O2S/c1-10(2)14(12,13)9-6-7-4-5-8-11(7)3/h4-5,9H,6H2,1-3H3. The van der Waals surface area contributed by atoms with Crippen molar-refractivity contribution in [3.63, 3.8) is 0 Å². The maximum Gasteiger partial charge on any atom is 0.279 e. The van der Waals surface area contributed by atoms with Crippen LogP contribution in [0.25, 0.3) is 0 Å². The Kier molecular flexibility index (Phi) is 3.25. The molecule has 0 aliphatic rings. The van der Waals surface area contributed by atoms with E-state index >= 15 is 0 Å². The maximum atomic E-state index is 11.3. The van der Waals surface area contributed by atoms with E-state index in [1.54, 1.807) is 24.0 Å². The van der Waals surface area contributed by atoms with Crippen LogP contribution in [-0.4, -0.2) is 36.6 Å². The summed E-state index contributed by atoms with van der Waals surface area (Å²) in [4.78, 5) is 0. The van der Waals surface area contributed by atoms with Gasteiger partial charge >= 0.3 is 0 Å². The number of hydrogen-bond acceptors (Lipinski definition) is 3. The van der Waals surface area contributed by atoms with Gasteiger partial charge in [-0.05, 0) is 6.07 Å². The van der Waals surface area contributed by atoms with Crippen molar-refractivity contribution in [1.29, 1.82) is 0 Å². The van der Waals surface area contributed by atoms with Gasteiger partial charge in [0, 0.05) is 27.3 Å². The van der Waals surface area contributed by atoms with Crippen molar-refractivity contribution in [2.24, 2.45) is 7.05 Å². The van der Waals surface area contributed by atoms with Crippen LogP contribution in [0.4, 0.5) is 0 Å². The van der Waals surface area contributed by atoms with Crippen LogP contribution in [0.3, 0.4) is 0 Å². The van der Waals surface area contributed by atoms with E-state index in [-0.39, 0.29) is 6.54 Å². The first-order valence-electron chi connectivity index (χ1n) is 4.07. The fourth-order valence-electron chi connectivity index (χ4n) is 0.869. The summed E-state index contributed by atoms with van der Waals surface area (Å²) in [5, 5.41) is 3.93. The number of hydrogen-bond donors (Lipinski definition) is 1. The van der Waals surface area contributed by atoms with Crippen molar-refractivity contribution in [2.45, 2.75) is 6.54 Å². The molecule has 0 saturated carbocycles. The van der Waals surface area contributed by atoms with E-state index in [1.807, 2.05) is 0 Å². The first kappa shape index (κ1) is 11.2. The second kappa shape index (κ2) is 4.07. The summed E-state index contributed by atoms with van der Waals surface area (Å²) in [5.41, 5.74) is 0.815. The third-order valence-corrected chi connectivity index (χ3v) is 3.31. The first-order chi connectivity index (χ1) is 6.43. The molecule has 0 spiro atoms. The smallest absolute Gasteiger partial charge is 0.271 e. The summed E-state index contributed by atoms with van der Waals surface area (Å²) in [6.07, 6.45) is 1.62. The molecule has 14 heavy (non-hydrogen) atoms. The van der Waals surface area contributed by atoms with Crippen molar-refractivity contribution >= 4 is 10.2 Å². The zero-order valence-corrected chi connectivity index (χ0v) is 9.24. The predicted molar refractivity (Wildman–Crippen MR) is 52.7 cm³/mol. The Labute approximate surface area is 83.7 Å². The molecule has 1 heterocycles. The van der Waals surface area contributed by atoms with Crippen molar-refractivity contribution in [3.8, 4) is 0 Å². The topological polar surface area (TPSA) is 67.2 Å². The molecule has 1 aromatic rings. The molecule has 6 nitrogen and oxygen atoms in total. The third kappa shape index (κ3) is 2.53. The molecule has 7 heteroatoms. The number of aryl methyl sites for hydroxylation is 1. The number of rotatable bonds is 4. The highest BCUT2D eigenvalue weighted by Crippen LogP contribution is 1.97. The van der Waals surface area contributed by atoms with Gasteiger partial charge in [-0.15, -0.1) is 0 Å². The lowest BCUT2D eigenvalue weighted by Crippen LogP contribution is -2.35. The fourth-order valence-corrected chi connectivity index (χ4v) is 1.46. The van der Waals surface area contributed by atoms with Gasteiger partial charge in [0.25, 0.3) is 10.2 Å². The van der Waals surface area contributed by atoms with Crippen LogP contribution in [0.15, 0.2) is 12.3 Å². The van der Waals surface area contributed by atoms with Crippen LogP contribution in [0.5, 0.6) is 0 Å². The summed E-state index contributed by atoms with van der Waals surface area (Å²) in [7, 11) is 1.37. The Morgan fingerprint density at radius 1 is 1.57 bits per heavy atom. The summed E-state index contributed by atoms with van der Waals surface area (Å²) < 4.78 is 27.8. The van der Waals surface area contributed by atoms with E-state index < -0.39 is 10.2 Å². The summed E-state index contributed by atoms with van der Waals surface area (Å²) in [6, 6.07) is 1.76. The van der Waals surface area contributed by atoms with Gasteiger partial charge in [-0.1, -0.05) is 0 Å². The second-order valence-corrected chi connectivity index (χ2v) is 5.02. The lowest BCUT2D eigenvalue weighted by Gasteiger charge is -2.12. The lowest BCUT2D eigenvalue weighted by molar-refractivity contribution is 0.503. The average Bonchev–Trinajstić information content (AvgIpc) is 2.47. The third-order valence-electron chi connectivity index (χ3n) is 1.84. The van der Waals surface area contributed by atoms with E-state index in [0.29, 0.717) is 0 Å².